The Morgan fingerprint density at radius 3 is 2.44 bits per heavy atom. The van der Waals surface area contributed by atoms with Crippen molar-refractivity contribution in [3.63, 3.8) is 0 Å². The average molecular weight is 385 g/mol. The summed E-state index contributed by atoms with van der Waals surface area (Å²) >= 11 is 1.47. The highest BCUT2D eigenvalue weighted by Crippen LogP contribution is 2.28. The lowest BCUT2D eigenvalue weighted by Crippen LogP contribution is -2.49. The summed E-state index contributed by atoms with van der Waals surface area (Å²) in [4.78, 5) is 28.6. The van der Waals surface area contributed by atoms with E-state index in [1.165, 1.54) is 34.6 Å². The van der Waals surface area contributed by atoms with Gasteiger partial charge in [-0.25, -0.2) is 0 Å². The number of benzene rings is 2. The highest BCUT2D eigenvalue weighted by atomic mass is 32.2. The number of thioether (sulfide) groups is 1. The van der Waals surface area contributed by atoms with Crippen LogP contribution in [0.5, 0.6) is 0 Å². The molecule has 1 amide bonds. The fourth-order valence-electron chi connectivity index (χ4n) is 3.37. The maximum atomic E-state index is 13.0. The first kappa shape index (κ1) is 19.2. The normalized spacial score (nSPS) is 14.3. The van der Waals surface area contributed by atoms with Crippen molar-refractivity contribution in [2.75, 3.05) is 37.3 Å². The van der Waals surface area contributed by atoms with Crippen LogP contribution in [0.3, 0.4) is 0 Å². The number of nitro groups is 1. The first-order chi connectivity index (χ1) is 12.9. The fraction of sp³-hybridized carbons (Fsp3) is 0.350. The molecular formula is C20H23N3O3S. The number of nitro benzene ring substituents is 1. The van der Waals surface area contributed by atoms with E-state index in [0.717, 1.165) is 4.90 Å². The van der Waals surface area contributed by atoms with Crippen molar-refractivity contribution >= 4 is 29.0 Å². The first-order valence-electron chi connectivity index (χ1n) is 8.85. The van der Waals surface area contributed by atoms with E-state index in [2.05, 4.69) is 30.9 Å². The van der Waals surface area contributed by atoms with Gasteiger partial charge >= 0.3 is 0 Å². The van der Waals surface area contributed by atoms with Gasteiger partial charge in [0.2, 0.25) is 0 Å². The SMILES string of the molecule is CSc1ccc([N+](=O)[O-])c(C(=O)N2CCN(c3cccc(C)c3C)CC2)c1. The minimum Gasteiger partial charge on any atom is -0.368 e. The second-order valence-corrected chi connectivity index (χ2v) is 7.52. The standard InChI is InChI=1S/C20H23N3O3S/c1-14-5-4-6-18(15(14)2)21-9-11-22(12-10-21)20(24)17-13-16(27-3)7-8-19(17)23(25)26/h4-8,13H,9-12H2,1-3H3. The van der Waals surface area contributed by atoms with E-state index in [1.54, 1.807) is 17.0 Å². The van der Waals surface area contributed by atoms with E-state index in [-0.39, 0.29) is 17.2 Å². The van der Waals surface area contributed by atoms with Crippen LogP contribution in [-0.2, 0) is 0 Å². The summed E-state index contributed by atoms with van der Waals surface area (Å²) in [7, 11) is 0. The van der Waals surface area contributed by atoms with E-state index >= 15 is 0 Å². The van der Waals surface area contributed by atoms with Gasteiger partial charge in [0.25, 0.3) is 11.6 Å². The molecule has 2 aromatic carbocycles. The van der Waals surface area contributed by atoms with Gasteiger partial charge in [-0.3, -0.25) is 14.9 Å². The summed E-state index contributed by atoms with van der Waals surface area (Å²) < 4.78 is 0. The number of carbonyl (C=O) groups excluding carboxylic acids is 1. The molecule has 0 radical (unpaired) electrons. The molecule has 0 saturated carbocycles. The van der Waals surface area contributed by atoms with E-state index in [4.69, 9.17) is 0 Å². The van der Waals surface area contributed by atoms with Crippen molar-refractivity contribution in [1.29, 1.82) is 0 Å². The van der Waals surface area contributed by atoms with Crippen LogP contribution < -0.4 is 4.90 Å². The molecule has 2 aromatic rings. The largest absolute Gasteiger partial charge is 0.368 e. The summed E-state index contributed by atoms with van der Waals surface area (Å²) in [6.45, 7) is 6.73. The Hall–Kier alpha value is -2.54. The number of anilines is 1. The Balaban J connectivity index is 1.77. The van der Waals surface area contributed by atoms with Crippen molar-refractivity contribution in [2.45, 2.75) is 18.7 Å². The molecule has 1 saturated heterocycles. The summed E-state index contributed by atoms with van der Waals surface area (Å²) in [6.07, 6.45) is 1.89. The third kappa shape index (κ3) is 3.93. The zero-order valence-electron chi connectivity index (χ0n) is 15.8. The van der Waals surface area contributed by atoms with Crippen LogP contribution >= 0.6 is 11.8 Å². The third-order valence-corrected chi connectivity index (χ3v) is 5.84. The van der Waals surface area contributed by atoms with Crippen LogP contribution in [0.2, 0.25) is 0 Å². The Morgan fingerprint density at radius 1 is 1.11 bits per heavy atom. The Labute approximate surface area is 163 Å². The van der Waals surface area contributed by atoms with Gasteiger partial charge in [-0.05, 0) is 49.4 Å². The van der Waals surface area contributed by atoms with Crippen LogP contribution in [0.4, 0.5) is 11.4 Å². The van der Waals surface area contributed by atoms with Gasteiger partial charge < -0.3 is 9.80 Å². The molecule has 1 fully saturated rings. The lowest BCUT2D eigenvalue weighted by molar-refractivity contribution is -0.385. The molecule has 0 N–H and O–H groups in total. The maximum Gasteiger partial charge on any atom is 0.282 e. The third-order valence-electron chi connectivity index (χ3n) is 5.11. The van der Waals surface area contributed by atoms with E-state index in [1.807, 2.05) is 12.3 Å². The number of amides is 1. The van der Waals surface area contributed by atoms with Crippen molar-refractivity contribution < 1.29 is 9.72 Å². The number of nitrogens with zero attached hydrogens (tertiary/aromatic N) is 3. The fourth-order valence-corrected chi connectivity index (χ4v) is 3.81. The van der Waals surface area contributed by atoms with Crippen molar-refractivity contribution in [3.05, 3.63) is 63.2 Å². The minimum atomic E-state index is -0.482. The second-order valence-electron chi connectivity index (χ2n) is 6.64. The molecule has 0 atom stereocenters. The summed E-state index contributed by atoms with van der Waals surface area (Å²) in [5.41, 5.74) is 3.73. The molecule has 0 bridgehead atoms. The maximum absolute atomic E-state index is 13.0. The lowest BCUT2D eigenvalue weighted by Gasteiger charge is -2.37. The van der Waals surface area contributed by atoms with E-state index in [0.29, 0.717) is 26.2 Å². The van der Waals surface area contributed by atoms with Gasteiger partial charge in [-0.15, -0.1) is 11.8 Å². The molecule has 7 heteroatoms. The monoisotopic (exact) mass is 385 g/mol. The summed E-state index contributed by atoms with van der Waals surface area (Å²) in [5, 5.41) is 11.3. The smallest absolute Gasteiger partial charge is 0.282 e. The molecular weight excluding hydrogens is 362 g/mol. The summed E-state index contributed by atoms with van der Waals surface area (Å²) in [5.74, 6) is -0.266. The molecule has 0 aliphatic carbocycles. The quantitative estimate of drug-likeness (QED) is 0.454. The van der Waals surface area contributed by atoms with E-state index < -0.39 is 4.92 Å². The molecule has 1 heterocycles. The van der Waals surface area contributed by atoms with Gasteiger partial charge in [0.15, 0.2) is 0 Å². The number of piperazine rings is 1. The number of rotatable bonds is 4. The van der Waals surface area contributed by atoms with Crippen LogP contribution in [0.25, 0.3) is 0 Å². The molecule has 3 rings (SSSR count). The van der Waals surface area contributed by atoms with Gasteiger partial charge in [0, 0.05) is 42.8 Å². The Bertz CT molecular complexity index is 877. The Morgan fingerprint density at radius 2 is 1.81 bits per heavy atom. The highest BCUT2D eigenvalue weighted by Gasteiger charge is 2.28. The van der Waals surface area contributed by atoms with Gasteiger partial charge in [0.1, 0.15) is 5.56 Å². The van der Waals surface area contributed by atoms with Gasteiger partial charge in [-0.2, -0.15) is 0 Å². The number of carbonyl (C=O) groups is 1. The lowest BCUT2D eigenvalue weighted by atomic mass is 10.1. The molecule has 0 unspecified atom stereocenters. The first-order valence-corrected chi connectivity index (χ1v) is 10.1. The van der Waals surface area contributed by atoms with Crippen molar-refractivity contribution in [1.82, 2.24) is 4.90 Å². The van der Waals surface area contributed by atoms with E-state index in [9.17, 15) is 14.9 Å². The molecule has 6 nitrogen and oxygen atoms in total. The minimum absolute atomic E-state index is 0.130. The average Bonchev–Trinajstić information content (AvgIpc) is 2.69. The predicted octanol–water partition coefficient (Wildman–Crippen LogP) is 3.90. The zero-order chi connectivity index (χ0) is 19.6. The molecule has 142 valence electrons. The summed E-state index contributed by atoms with van der Waals surface area (Å²) in [6, 6.07) is 11.0. The number of hydrogen-bond acceptors (Lipinski definition) is 5. The molecule has 0 spiro atoms. The van der Waals surface area contributed by atoms with Crippen LogP contribution in [0.1, 0.15) is 21.5 Å². The molecule has 27 heavy (non-hydrogen) atoms. The van der Waals surface area contributed by atoms with Crippen molar-refractivity contribution in [2.24, 2.45) is 0 Å². The second kappa shape index (κ2) is 8.00. The number of hydrogen-bond donors (Lipinski definition) is 0. The van der Waals surface area contributed by atoms with Crippen LogP contribution in [-0.4, -0.2) is 48.2 Å². The molecule has 1 aliphatic rings. The van der Waals surface area contributed by atoms with Gasteiger partial charge in [0.05, 0.1) is 4.92 Å². The van der Waals surface area contributed by atoms with Gasteiger partial charge in [-0.1, -0.05) is 12.1 Å². The number of aryl methyl sites for hydroxylation is 1. The predicted molar refractivity (Wildman–Crippen MR) is 109 cm³/mol. The van der Waals surface area contributed by atoms with Crippen LogP contribution in [0, 0.1) is 24.0 Å². The topological polar surface area (TPSA) is 66.7 Å². The zero-order valence-corrected chi connectivity index (χ0v) is 16.6. The highest BCUT2D eigenvalue weighted by molar-refractivity contribution is 7.98. The molecule has 1 aliphatic heterocycles. The van der Waals surface area contributed by atoms with Crippen LogP contribution in [0.15, 0.2) is 41.3 Å². The molecule has 0 aromatic heterocycles. The Kier molecular flexibility index (Phi) is 5.70. The van der Waals surface area contributed by atoms with Crippen molar-refractivity contribution in [3.8, 4) is 0 Å².